The number of hydrogen-bond donors (Lipinski definition) is 0. The third kappa shape index (κ3) is 4.79. The van der Waals surface area contributed by atoms with Crippen molar-refractivity contribution in [2.24, 2.45) is 0 Å². The van der Waals surface area contributed by atoms with Crippen LogP contribution in [-0.4, -0.2) is 30.3 Å². The first-order valence-corrected chi connectivity index (χ1v) is 10.4. The molecule has 0 amide bonds. The first-order valence-electron chi connectivity index (χ1n) is 9.62. The summed E-state index contributed by atoms with van der Waals surface area (Å²) in [6.45, 7) is 6.49. The molecule has 0 radical (unpaired) electrons. The van der Waals surface area contributed by atoms with E-state index in [1.54, 1.807) is 6.07 Å². The summed E-state index contributed by atoms with van der Waals surface area (Å²) in [4.78, 5) is 8.22. The number of halogens is 2. The Kier molecular flexibility index (Phi) is 7.20. The molecule has 1 heterocycles. The van der Waals surface area contributed by atoms with E-state index >= 15 is 0 Å². The highest BCUT2D eigenvalue weighted by atomic mass is 35.5. The molecule has 148 valence electrons. The van der Waals surface area contributed by atoms with E-state index in [2.05, 4.69) is 29.9 Å². The van der Waals surface area contributed by atoms with Crippen molar-refractivity contribution in [3.05, 3.63) is 63.6 Å². The van der Waals surface area contributed by atoms with Gasteiger partial charge >= 0.3 is 0 Å². The smallest absolute Gasteiger partial charge is 0.101 e. The Morgan fingerprint density at radius 1 is 1.25 bits per heavy atom. The van der Waals surface area contributed by atoms with Gasteiger partial charge in [0.15, 0.2) is 0 Å². The molecule has 0 aliphatic carbocycles. The van der Waals surface area contributed by atoms with E-state index in [0.717, 1.165) is 35.7 Å². The lowest BCUT2D eigenvalue weighted by molar-refractivity contribution is -0.207. The quantitative estimate of drug-likeness (QED) is 0.606. The van der Waals surface area contributed by atoms with Crippen molar-refractivity contribution in [2.45, 2.75) is 45.3 Å². The molecule has 3 rings (SSSR count). The van der Waals surface area contributed by atoms with Crippen molar-refractivity contribution in [3.8, 4) is 6.07 Å². The van der Waals surface area contributed by atoms with Crippen LogP contribution in [0.5, 0.6) is 0 Å². The van der Waals surface area contributed by atoms with E-state index in [-0.39, 0.29) is 6.04 Å². The second kappa shape index (κ2) is 9.62. The van der Waals surface area contributed by atoms with E-state index in [9.17, 15) is 5.26 Å². The lowest BCUT2D eigenvalue weighted by Crippen LogP contribution is -2.51. The number of nitriles is 1. The molecule has 1 aliphatic heterocycles. The van der Waals surface area contributed by atoms with Crippen LogP contribution in [0.2, 0.25) is 10.0 Å². The minimum atomic E-state index is 0.253. The first-order chi connectivity index (χ1) is 13.5. The molecular formula is C22H25Cl2N3O. The standard InChI is InChI=1S/C22H25Cl2N3O/c1-3-16(2)27-15-20(10-11-28-27)26(14-18-6-4-5-7-21(18)23)19-9-8-17(13-25)22(24)12-19/h4-9,12,16,20H,3,10-11,14-15H2,1-2H3/t16?,20-/m0/s1. The fourth-order valence-electron chi connectivity index (χ4n) is 3.44. The topological polar surface area (TPSA) is 39.5 Å². The summed E-state index contributed by atoms with van der Waals surface area (Å²) < 4.78 is 0. The van der Waals surface area contributed by atoms with Gasteiger partial charge in [-0.1, -0.05) is 48.3 Å². The van der Waals surface area contributed by atoms with Gasteiger partial charge < -0.3 is 4.90 Å². The highest BCUT2D eigenvalue weighted by molar-refractivity contribution is 6.32. The monoisotopic (exact) mass is 417 g/mol. The molecular weight excluding hydrogens is 393 g/mol. The van der Waals surface area contributed by atoms with E-state index in [1.165, 1.54) is 0 Å². The van der Waals surface area contributed by atoms with Gasteiger partial charge in [0.1, 0.15) is 6.07 Å². The Labute approximate surface area is 177 Å². The number of hydrogen-bond acceptors (Lipinski definition) is 4. The van der Waals surface area contributed by atoms with E-state index < -0.39 is 0 Å². The van der Waals surface area contributed by atoms with E-state index in [1.807, 2.05) is 36.4 Å². The van der Waals surface area contributed by atoms with Gasteiger partial charge in [0.25, 0.3) is 0 Å². The second-order valence-electron chi connectivity index (χ2n) is 7.13. The highest BCUT2D eigenvalue weighted by Crippen LogP contribution is 2.30. The van der Waals surface area contributed by atoms with Crippen LogP contribution in [0.4, 0.5) is 5.69 Å². The van der Waals surface area contributed by atoms with Gasteiger partial charge in [-0.05, 0) is 49.6 Å². The molecule has 1 fully saturated rings. The van der Waals surface area contributed by atoms with E-state index in [4.69, 9.17) is 28.0 Å². The lowest BCUT2D eigenvalue weighted by Gasteiger charge is -2.42. The number of rotatable bonds is 6. The van der Waals surface area contributed by atoms with Gasteiger partial charge in [0.05, 0.1) is 17.2 Å². The minimum absolute atomic E-state index is 0.253. The predicted octanol–water partition coefficient (Wildman–Crippen LogP) is 5.68. The van der Waals surface area contributed by atoms with E-state index in [0.29, 0.717) is 29.8 Å². The average Bonchev–Trinajstić information content (AvgIpc) is 2.72. The van der Waals surface area contributed by atoms with Crippen molar-refractivity contribution in [3.63, 3.8) is 0 Å². The zero-order valence-electron chi connectivity index (χ0n) is 16.2. The molecule has 2 aromatic rings. The second-order valence-corrected chi connectivity index (χ2v) is 7.94. The first kappa shape index (κ1) is 21.0. The highest BCUT2D eigenvalue weighted by Gasteiger charge is 2.29. The maximum atomic E-state index is 9.20. The SMILES string of the molecule is CCC(C)N1C[C@@H](N(Cc2ccccc2Cl)c2ccc(C#N)c(Cl)c2)CCO1. The minimum Gasteiger partial charge on any atom is -0.363 e. The summed E-state index contributed by atoms with van der Waals surface area (Å²) in [5.74, 6) is 0. The Morgan fingerprint density at radius 2 is 2.04 bits per heavy atom. The Hall–Kier alpha value is -1.77. The molecule has 2 atom stereocenters. The Morgan fingerprint density at radius 3 is 2.71 bits per heavy atom. The molecule has 0 spiro atoms. The van der Waals surface area contributed by atoms with Crippen LogP contribution in [0, 0.1) is 11.3 Å². The summed E-state index contributed by atoms with van der Waals surface area (Å²) >= 11 is 12.8. The van der Waals surface area contributed by atoms with Crippen LogP contribution in [-0.2, 0) is 11.4 Å². The normalized spacial score (nSPS) is 18.5. The summed E-state index contributed by atoms with van der Waals surface area (Å²) in [6, 6.07) is 16.3. The Balaban J connectivity index is 1.93. The number of benzene rings is 2. The van der Waals surface area contributed by atoms with Gasteiger partial charge in [-0.25, -0.2) is 0 Å². The van der Waals surface area contributed by atoms with Gasteiger partial charge in [-0.3, -0.25) is 4.84 Å². The molecule has 0 aromatic heterocycles. The fraction of sp³-hybridized carbons (Fsp3) is 0.409. The molecule has 2 aromatic carbocycles. The molecule has 0 bridgehead atoms. The summed E-state index contributed by atoms with van der Waals surface area (Å²) in [6.07, 6.45) is 1.94. The third-order valence-electron chi connectivity index (χ3n) is 5.33. The van der Waals surface area contributed by atoms with Crippen LogP contribution in [0.1, 0.15) is 37.8 Å². The lowest BCUT2D eigenvalue weighted by atomic mass is 10.1. The maximum absolute atomic E-state index is 9.20. The molecule has 28 heavy (non-hydrogen) atoms. The van der Waals surface area contributed by atoms with Crippen LogP contribution >= 0.6 is 23.2 Å². The molecule has 1 aliphatic rings. The van der Waals surface area contributed by atoms with Crippen molar-refractivity contribution < 1.29 is 4.84 Å². The molecule has 0 saturated carbocycles. The average molecular weight is 418 g/mol. The van der Waals surface area contributed by atoms with Gasteiger partial charge in [0, 0.05) is 35.9 Å². The number of anilines is 1. The molecule has 1 saturated heterocycles. The summed E-state index contributed by atoms with van der Waals surface area (Å²) in [5.41, 5.74) is 2.53. The van der Waals surface area contributed by atoms with Gasteiger partial charge in [-0.2, -0.15) is 10.3 Å². The van der Waals surface area contributed by atoms with Crippen LogP contribution in [0.3, 0.4) is 0 Å². The molecule has 6 heteroatoms. The van der Waals surface area contributed by atoms with Crippen molar-refractivity contribution in [1.29, 1.82) is 5.26 Å². The van der Waals surface area contributed by atoms with Crippen LogP contribution in [0.25, 0.3) is 0 Å². The van der Waals surface area contributed by atoms with Crippen molar-refractivity contribution in [2.75, 3.05) is 18.1 Å². The maximum Gasteiger partial charge on any atom is 0.101 e. The number of nitrogens with zero attached hydrogens (tertiary/aromatic N) is 3. The third-order valence-corrected chi connectivity index (χ3v) is 6.01. The summed E-state index contributed by atoms with van der Waals surface area (Å²) in [5, 5.41) is 12.5. The predicted molar refractivity (Wildman–Crippen MR) is 115 cm³/mol. The summed E-state index contributed by atoms with van der Waals surface area (Å²) in [7, 11) is 0. The molecule has 0 N–H and O–H groups in total. The Bertz CT molecular complexity index is 852. The van der Waals surface area contributed by atoms with Crippen molar-refractivity contribution in [1.82, 2.24) is 5.06 Å². The fourth-order valence-corrected chi connectivity index (χ4v) is 3.85. The zero-order valence-corrected chi connectivity index (χ0v) is 17.7. The zero-order chi connectivity index (χ0) is 20.1. The van der Waals surface area contributed by atoms with Crippen LogP contribution < -0.4 is 4.90 Å². The molecule has 4 nitrogen and oxygen atoms in total. The van der Waals surface area contributed by atoms with Gasteiger partial charge in [0.2, 0.25) is 0 Å². The molecule has 1 unspecified atom stereocenters. The van der Waals surface area contributed by atoms with Crippen molar-refractivity contribution >= 4 is 28.9 Å². The van der Waals surface area contributed by atoms with Crippen LogP contribution in [0.15, 0.2) is 42.5 Å². The van der Waals surface area contributed by atoms with Gasteiger partial charge in [-0.15, -0.1) is 0 Å². The number of hydroxylamine groups is 2. The largest absolute Gasteiger partial charge is 0.363 e.